The average molecular weight is 1240 g/mol. The van der Waals surface area contributed by atoms with Crippen LogP contribution in [-0.4, -0.2) is 4.98 Å². The van der Waals surface area contributed by atoms with Crippen LogP contribution in [0.3, 0.4) is 0 Å². The fourth-order valence-electron chi connectivity index (χ4n) is 7.57. The molecule has 0 aliphatic carbocycles. The molecule has 9 aromatic rings. The summed E-state index contributed by atoms with van der Waals surface area (Å²) in [6, 6.07) is 82.7. The first kappa shape index (κ1) is 53.7. The van der Waals surface area contributed by atoms with Crippen molar-refractivity contribution >= 4 is 112 Å². The van der Waals surface area contributed by atoms with Crippen LogP contribution < -0.4 is 47.9 Å². The molecule has 0 fully saturated rings. The minimum absolute atomic E-state index is 0.446. The van der Waals surface area contributed by atoms with E-state index in [9.17, 15) is 0 Å². The molecule has 0 atom stereocenters. The molecule has 1 aromatic heterocycles. The van der Waals surface area contributed by atoms with Crippen molar-refractivity contribution < 1.29 is 25.5 Å². The van der Waals surface area contributed by atoms with Gasteiger partial charge in [0.2, 0.25) is 0 Å². The zero-order valence-electron chi connectivity index (χ0n) is 37.7. The monoisotopic (exact) mass is 1240 g/mol. The summed E-state index contributed by atoms with van der Waals surface area (Å²) in [5, 5.41) is 11.1. The van der Waals surface area contributed by atoms with Gasteiger partial charge in [0, 0.05) is 14.1 Å². The van der Waals surface area contributed by atoms with Crippen LogP contribution in [0.25, 0.3) is 0 Å². The minimum atomic E-state index is -0.638. The molecule has 0 aliphatic heterocycles. The SMILES string of the molecule is Cc1cc(C)cc(P(c2cc(C)cc(C)c2)c2cc(C)ccn2)c1.[Cu][I].[Cu][I].c1ccc(P(c2ccccc2)c2ccccc2)cc1.c1ccc(P(c2ccccc2)c2ccccc2)cc1. The molecule has 0 saturated carbocycles. The third-order valence-corrected chi connectivity index (χ3v) is 17.3. The Kier molecular flexibility index (Phi) is 24.0. The van der Waals surface area contributed by atoms with Crippen LogP contribution in [0, 0.1) is 34.6 Å². The van der Waals surface area contributed by atoms with E-state index in [1.807, 2.05) is 6.20 Å². The van der Waals surface area contributed by atoms with E-state index in [0.717, 1.165) is 0 Å². The Labute approximate surface area is 437 Å². The van der Waals surface area contributed by atoms with Crippen LogP contribution in [0.2, 0.25) is 0 Å². The Bertz CT molecular complexity index is 2350. The number of halogens is 2. The Morgan fingerprint density at radius 2 is 0.515 bits per heavy atom. The van der Waals surface area contributed by atoms with Gasteiger partial charge < -0.3 is 0 Å². The predicted molar refractivity (Wildman–Crippen MR) is 305 cm³/mol. The van der Waals surface area contributed by atoms with Gasteiger partial charge in [-0.05, 0) is 111 Å². The number of hydrogen-bond acceptors (Lipinski definition) is 1. The van der Waals surface area contributed by atoms with E-state index >= 15 is 0 Å². The van der Waals surface area contributed by atoms with Gasteiger partial charge in [0.1, 0.15) is 0 Å². The molecule has 0 bridgehead atoms. The van der Waals surface area contributed by atoms with Gasteiger partial charge in [0.05, 0.1) is 5.44 Å². The van der Waals surface area contributed by atoms with Crippen molar-refractivity contribution in [3.63, 3.8) is 0 Å². The van der Waals surface area contributed by atoms with Crippen molar-refractivity contribution in [3.05, 3.63) is 265 Å². The number of rotatable bonds is 9. The number of aromatic nitrogens is 1. The van der Waals surface area contributed by atoms with E-state index < -0.39 is 23.8 Å². The second-order valence-electron chi connectivity index (χ2n) is 15.4. The minimum Gasteiger partial charge on any atom is -0.0622 e. The summed E-state index contributed by atoms with van der Waals surface area (Å²) in [4.78, 5) is 4.74. The van der Waals surface area contributed by atoms with Crippen LogP contribution >= 0.6 is 64.5 Å². The van der Waals surface area contributed by atoms with Crippen molar-refractivity contribution in [2.24, 2.45) is 0 Å². The third-order valence-electron chi connectivity index (χ3n) is 10.1. The molecule has 0 aliphatic rings. The largest absolute Gasteiger partial charge is 0.0622 e. The summed E-state index contributed by atoms with van der Waals surface area (Å²) < 4.78 is 0. The fraction of sp³-hybridized carbons (Fsp3) is 0.0862. The van der Waals surface area contributed by atoms with Crippen LogP contribution in [0.4, 0.5) is 0 Å². The Morgan fingerprint density at radius 1 is 0.273 bits per heavy atom. The summed E-state index contributed by atoms with van der Waals surface area (Å²) in [6.07, 6.45) is 1.94. The summed E-state index contributed by atoms with van der Waals surface area (Å²) in [5.74, 6) is 0. The van der Waals surface area contributed by atoms with Gasteiger partial charge in [-0.3, -0.25) is 4.98 Å². The number of pyridine rings is 1. The Balaban J connectivity index is 0.000000180. The number of benzene rings is 8. The van der Waals surface area contributed by atoms with Gasteiger partial charge in [0.15, 0.2) is 0 Å². The molecule has 0 unspecified atom stereocenters. The van der Waals surface area contributed by atoms with Crippen LogP contribution in [0.15, 0.2) is 237 Å². The van der Waals surface area contributed by atoms with Crippen molar-refractivity contribution in [3.8, 4) is 0 Å². The molecule has 66 heavy (non-hydrogen) atoms. The maximum absolute atomic E-state index is 4.74. The van der Waals surface area contributed by atoms with Crippen molar-refractivity contribution in [2.75, 3.05) is 0 Å². The first-order valence-corrected chi connectivity index (χ1v) is 31.5. The Morgan fingerprint density at radius 3 is 0.742 bits per heavy atom. The zero-order chi connectivity index (χ0) is 47.1. The molecule has 1 heterocycles. The van der Waals surface area contributed by atoms with E-state index in [2.05, 4.69) is 291 Å². The normalized spacial score (nSPS) is 10.3. The van der Waals surface area contributed by atoms with Gasteiger partial charge in [-0.1, -0.05) is 241 Å². The van der Waals surface area contributed by atoms with E-state index in [1.165, 1.54) is 75.7 Å². The second kappa shape index (κ2) is 29.6. The van der Waals surface area contributed by atoms with E-state index in [0.29, 0.717) is 0 Å². The molecule has 8 heteroatoms. The van der Waals surface area contributed by atoms with Crippen LogP contribution in [-0.2, 0) is 25.5 Å². The molecule has 0 spiro atoms. The van der Waals surface area contributed by atoms with E-state index in [-0.39, 0.29) is 0 Å². The summed E-state index contributed by atoms with van der Waals surface area (Å²) in [5.41, 5.74) is 7.70. The molecular formula is C58H54Cu2I2NP3. The molecule has 0 saturated heterocycles. The molecule has 0 radical (unpaired) electrons. The second-order valence-corrected chi connectivity index (χ2v) is 22.0. The molecule has 0 amide bonds. The zero-order valence-corrected chi connectivity index (χ0v) is 46.5. The molecule has 1 nitrogen and oxygen atoms in total. The van der Waals surface area contributed by atoms with Gasteiger partial charge in [-0.15, -0.1) is 0 Å². The van der Waals surface area contributed by atoms with E-state index in [4.69, 9.17) is 4.98 Å². The number of hydrogen-bond donors (Lipinski definition) is 0. The molecular weight excluding hydrogens is 1180 g/mol. The average Bonchev–Trinajstić information content (AvgIpc) is 3.35. The van der Waals surface area contributed by atoms with Gasteiger partial charge in [0.25, 0.3) is 0 Å². The molecule has 0 N–H and O–H groups in total. The van der Waals surface area contributed by atoms with Crippen LogP contribution in [0.5, 0.6) is 0 Å². The number of nitrogens with zero attached hydrogens (tertiary/aromatic N) is 1. The van der Waals surface area contributed by atoms with E-state index in [1.54, 1.807) is 40.7 Å². The van der Waals surface area contributed by atoms with Crippen molar-refractivity contribution in [1.29, 1.82) is 0 Å². The fourth-order valence-corrected chi connectivity index (χ4v) is 14.9. The topological polar surface area (TPSA) is 12.9 Å². The standard InChI is InChI=1S/C22H24NP.2C18H15P.2Cu.2HI/c1-15-6-7-23-22(14-15)24(20-10-16(2)8-17(3)11-20)21-12-18(4)9-19(5)13-21;2*1-4-10-16(11-5-1)19(17-12-6-2-7-13-17)18-14-8-3-9-15-18;;;;/h6-14H,1-5H3;2*1-15H;;;2*1H/q;;;2*+1;;/p-2. The first-order valence-electron chi connectivity index (χ1n) is 21.3. The quantitative estimate of drug-likeness (QED) is 0.0797. The van der Waals surface area contributed by atoms with Crippen LogP contribution in [0.1, 0.15) is 27.8 Å². The first-order chi connectivity index (χ1) is 32.3. The summed E-state index contributed by atoms with van der Waals surface area (Å²) in [6.45, 7) is 10.8. The van der Waals surface area contributed by atoms with Gasteiger partial charge >= 0.3 is 66.2 Å². The van der Waals surface area contributed by atoms with Crippen molar-refractivity contribution in [2.45, 2.75) is 34.6 Å². The molecule has 342 valence electrons. The predicted octanol–water partition coefficient (Wildman–Crippen LogP) is 13.0. The third kappa shape index (κ3) is 16.4. The maximum atomic E-state index is 4.74. The number of aryl methyl sites for hydroxylation is 5. The van der Waals surface area contributed by atoms with Gasteiger partial charge in [-0.25, -0.2) is 0 Å². The van der Waals surface area contributed by atoms with Crippen molar-refractivity contribution in [1.82, 2.24) is 4.98 Å². The summed E-state index contributed by atoms with van der Waals surface area (Å²) >= 11 is 11.7. The molecule has 8 aromatic carbocycles. The van der Waals surface area contributed by atoms with Gasteiger partial charge in [-0.2, -0.15) is 0 Å². The molecule has 9 rings (SSSR count). The Hall–Kier alpha value is -3.30. The smallest absolute Gasteiger partial charge is 0.0134 e. The maximum Gasteiger partial charge on any atom is -0.0134 e. The summed E-state index contributed by atoms with van der Waals surface area (Å²) in [7, 11) is -1.53.